The fourth-order valence-corrected chi connectivity index (χ4v) is 1.98. The molecule has 2 amide bonds. The van der Waals surface area contributed by atoms with Gasteiger partial charge in [0.1, 0.15) is 0 Å². The first-order chi connectivity index (χ1) is 10.2. The second-order valence-corrected chi connectivity index (χ2v) is 5.23. The number of ether oxygens (including phenoxy) is 2. The quantitative estimate of drug-likeness (QED) is 0.866. The van der Waals surface area contributed by atoms with E-state index < -0.39 is 18.1 Å². The Labute approximate surface area is 133 Å². The molecule has 0 saturated heterocycles. The molecule has 122 valence electrons. The molecule has 0 aliphatic carbocycles. The first kappa shape index (κ1) is 16.8. The van der Waals surface area contributed by atoms with Crippen LogP contribution in [0.2, 0.25) is 10.0 Å². The fraction of sp³-hybridized carbons (Fsp3) is 0.417. The summed E-state index contributed by atoms with van der Waals surface area (Å²) in [6.07, 6.45) is -4.48. The van der Waals surface area contributed by atoms with Crippen molar-refractivity contribution >= 4 is 29.2 Å². The van der Waals surface area contributed by atoms with Crippen LogP contribution in [0.15, 0.2) is 12.1 Å². The van der Waals surface area contributed by atoms with Gasteiger partial charge in [-0.05, 0) is 6.42 Å². The van der Waals surface area contributed by atoms with E-state index >= 15 is 0 Å². The van der Waals surface area contributed by atoms with Crippen LogP contribution >= 0.6 is 23.2 Å². The summed E-state index contributed by atoms with van der Waals surface area (Å²) < 4.78 is 49.5. The molecular formula is C12H11Cl2F3N2O3. The van der Waals surface area contributed by atoms with Crippen LogP contribution in [0.25, 0.3) is 0 Å². The van der Waals surface area contributed by atoms with Crippen LogP contribution in [0.5, 0.6) is 11.5 Å². The van der Waals surface area contributed by atoms with Gasteiger partial charge < -0.3 is 14.8 Å². The lowest BCUT2D eigenvalue weighted by Crippen LogP contribution is -2.66. The van der Waals surface area contributed by atoms with Crippen molar-refractivity contribution in [1.82, 2.24) is 10.6 Å². The first-order valence-electron chi connectivity index (χ1n) is 6.18. The van der Waals surface area contributed by atoms with Crippen LogP contribution in [0.1, 0.15) is 13.3 Å². The molecule has 0 saturated carbocycles. The second kappa shape index (κ2) is 5.92. The van der Waals surface area contributed by atoms with Crippen molar-refractivity contribution < 1.29 is 27.4 Å². The molecule has 1 aromatic rings. The van der Waals surface area contributed by atoms with Gasteiger partial charge in [-0.1, -0.05) is 30.1 Å². The van der Waals surface area contributed by atoms with Gasteiger partial charge >= 0.3 is 18.1 Å². The Kier molecular flexibility index (Phi) is 4.53. The number of hydrogen-bond acceptors (Lipinski definition) is 3. The van der Waals surface area contributed by atoms with Crippen molar-refractivity contribution in [3.8, 4) is 11.5 Å². The number of alkyl halides is 3. The number of carbonyl (C=O) groups is 1. The third-order valence-corrected chi connectivity index (χ3v) is 3.40. The summed E-state index contributed by atoms with van der Waals surface area (Å²) in [5, 5.41) is 3.89. The molecule has 0 atom stereocenters. The van der Waals surface area contributed by atoms with Gasteiger partial charge in [0.05, 0.1) is 10.0 Å². The molecule has 22 heavy (non-hydrogen) atoms. The van der Waals surface area contributed by atoms with Crippen molar-refractivity contribution in [3.05, 3.63) is 22.2 Å². The Morgan fingerprint density at radius 3 is 2.14 bits per heavy atom. The largest absolute Gasteiger partial charge is 0.492 e. The Balaban J connectivity index is 2.29. The van der Waals surface area contributed by atoms with Gasteiger partial charge in [0, 0.05) is 18.7 Å². The number of rotatable bonds is 3. The zero-order valence-electron chi connectivity index (χ0n) is 11.2. The fourth-order valence-electron chi connectivity index (χ4n) is 1.67. The predicted molar refractivity (Wildman–Crippen MR) is 73.3 cm³/mol. The van der Waals surface area contributed by atoms with Crippen molar-refractivity contribution in [2.24, 2.45) is 0 Å². The van der Waals surface area contributed by atoms with Crippen molar-refractivity contribution in [2.75, 3.05) is 6.54 Å². The molecule has 1 aromatic carbocycles. The van der Waals surface area contributed by atoms with Gasteiger partial charge in [0.15, 0.2) is 11.5 Å². The molecule has 2 rings (SSSR count). The summed E-state index contributed by atoms with van der Waals surface area (Å²) in [4.78, 5) is 11.6. The van der Waals surface area contributed by atoms with E-state index in [9.17, 15) is 18.0 Å². The smallest absolute Gasteiger partial charge is 0.424 e. The molecule has 0 bridgehead atoms. The Morgan fingerprint density at radius 2 is 1.73 bits per heavy atom. The van der Waals surface area contributed by atoms with E-state index in [-0.39, 0.29) is 28.1 Å². The van der Waals surface area contributed by atoms with E-state index in [0.717, 1.165) is 12.1 Å². The number of hydrogen-bond donors (Lipinski definition) is 2. The molecule has 1 heterocycles. The molecule has 0 fully saturated rings. The monoisotopic (exact) mass is 358 g/mol. The molecule has 5 nitrogen and oxygen atoms in total. The SMILES string of the molecule is CCCNC(=O)NC1(C(F)(F)F)Oc2cc(Cl)c(Cl)cc2O1. The van der Waals surface area contributed by atoms with Crippen molar-refractivity contribution in [2.45, 2.75) is 25.4 Å². The lowest BCUT2D eigenvalue weighted by Gasteiger charge is -2.29. The normalized spacial score (nSPS) is 15.5. The Bertz CT molecular complexity index is 565. The van der Waals surface area contributed by atoms with Crippen molar-refractivity contribution in [3.63, 3.8) is 0 Å². The summed E-state index contributed by atoms with van der Waals surface area (Å²) in [5.74, 6) is -3.88. The Hall–Kier alpha value is -1.54. The number of urea groups is 1. The molecular weight excluding hydrogens is 348 g/mol. The zero-order chi connectivity index (χ0) is 16.5. The molecule has 1 aliphatic heterocycles. The van der Waals surface area contributed by atoms with Crippen LogP contribution < -0.4 is 20.1 Å². The Morgan fingerprint density at radius 1 is 1.23 bits per heavy atom. The first-order valence-corrected chi connectivity index (χ1v) is 6.94. The number of fused-ring (bicyclic) bond motifs is 1. The highest BCUT2D eigenvalue weighted by atomic mass is 35.5. The zero-order valence-corrected chi connectivity index (χ0v) is 12.7. The molecule has 0 aromatic heterocycles. The lowest BCUT2D eigenvalue weighted by atomic mass is 10.3. The van der Waals surface area contributed by atoms with Gasteiger partial charge in [-0.15, -0.1) is 0 Å². The molecule has 0 unspecified atom stereocenters. The minimum Gasteiger partial charge on any atom is -0.424 e. The number of benzene rings is 1. The molecule has 0 spiro atoms. The van der Waals surface area contributed by atoms with E-state index in [4.69, 9.17) is 32.7 Å². The third kappa shape index (κ3) is 3.12. The maximum absolute atomic E-state index is 13.3. The van der Waals surface area contributed by atoms with E-state index in [2.05, 4.69) is 5.32 Å². The highest BCUT2D eigenvalue weighted by molar-refractivity contribution is 6.42. The number of amides is 2. The number of halogens is 5. The lowest BCUT2D eigenvalue weighted by molar-refractivity contribution is -0.317. The number of nitrogens with one attached hydrogen (secondary N) is 2. The van der Waals surface area contributed by atoms with Crippen LogP contribution in [0, 0.1) is 0 Å². The van der Waals surface area contributed by atoms with Crippen LogP contribution in [-0.2, 0) is 0 Å². The topological polar surface area (TPSA) is 59.6 Å². The number of carbonyl (C=O) groups excluding carboxylic acids is 1. The summed E-state index contributed by atoms with van der Waals surface area (Å²) in [6, 6.07) is 1.08. The third-order valence-electron chi connectivity index (χ3n) is 2.68. The van der Waals surface area contributed by atoms with Gasteiger partial charge in [0.25, 0.3) is 0 Å². The van der Waals surface area contributed by atoms with E-state index in [1.54, 1.807) is 12.2 Å². The summed E-state index contributed by atoms with van der Waals surface area (Å²) in [7, 11) is 0. The summed E-state index contributed by atoms with van der Waals surface area (Å²) in [5.41, 5.74) is 0. The van der Waals surface area contributed by atoms with E-state index in [0.29, 0.717) is 6.42 Å². The molecule has 2 N–H and O–H groups in total. The second-order valence-electron chi connectivity index (χ2n) is 4.41. The van der Waals surface area contributed by atoms with Gasteiger partial charge in [-0.2, -0.15) is 13.2 Å². The maximum Gasteiger partial charge on any atom is 0.492 e. The molecule has 0 radical (unpaired) electrons. The van der Waals surface area contributed by atoms with Crippen molar-refractivity contribution in [1.29, 1.82) is 0 Å². The van der Waals surface area contributed by atoms with Gasteiger partial charge in [0.2, 0.25) is 0 Å². The maximum atomic E-state index is 13.3. The van der Waals surface area contributed by atoms with E-state index in [1.807, 2.05) is 0 Å². The highest BCUT2D eigenvalue weighted by Gasteiger charge is 2.65. The average Bonchev–Trinajstić information content (AvgIpc) is 2.75. The van der Waals surface area contributed by atoms with Gasteiger partial charge in [-0.3, -0.25) is 5.32 Å². The average molecular weight is 359 g/mol. The van der Waals surface area contributed by atoms with Gasteiger partial charge in [-0.25, -0.2) is 4.79 Å². The molecule has 1 aliphatic rings. The molecule has 10 heteroatoms. The van der Waals surface area contributed by atoms with Crippen LogP contribution in [0.4, 0.5) is 18.0 Å². The standard InChI is InChI=1S/C12H11Cl2F3N2O3/c1-2-3-18-10(20)19-12(11(15,16)17)21-8-4-6(13)7(14)5-9(8)22-12/h4-5H,2-3H2,1H3,(H2,18,19,20). The predicted octanol–water partition coefficient (Wildman–Crippen LogP) is 3.69. The minimum atomic E-state index is -5.03. The highest BCUT2D eigenvalue weighted by Crippen LogP contribution is 2.47. The van der Waals surface area contributed by atoms with E-state index in [1.165, 1.54) is 0 Å². The summed E-state index contributed by atoms with van der Waals surface area (Å²) >= 11 is 11.5. The minimum absolute atomic E-state index is 0.00238. The van der Waals surface area contributed by atoms with Crippen LogP contribution in [0.3, 0.4) is 0 Å². The summed E-state index contributed by atoms with van der Waals surface area (Å²) in [6.45, 7) is 1.95. The van der Waals surface area contributed by atoms with Crippen LogP contribution in [-0.4, -0.2) is 24.7 Å².